The highest BCUT2D eigenvalue weighted by atomic mass is 35.5. The number of amides is 1. The van der Waals surface area contributed by atoms with Gasteiger partial charge in [0.05, 0.1) is 17.9 Å². The molecule has 0 spiro atoms. The molecule has 0 aliphatic rings. The molecule has 0 fully saturated rings. The van der Waals surface area contributed by atoms with Crippen LogP contribution < -0.4 is 10.1 Å². The van der Waals surface area contributed by atoms with Crippen LogP contribution in [0, 0.1) is 13.8 Å². The number of para-hydroxylation sites is 1. The lowest BCUT2D eigenvalue weighted by Gasteiger charge is -2.12. The summed E-state index contributed by atoms with van der Waals surface area (Å²) in [6.45, 7) is 8.32. The first-order valence-corrected chi connectivity index (χ1v) is 10.4. The highest BCUT2D eigenvalue weighted by molar-refractivity contribution is 6.30. The first-order valence-electron chi connectivity index (χ1n) is 9.97. The van der Waals surface area contributed by atoms with Crippen LogP contribution in [0.25, 0.3) is 11.5 Å². The van der Waals surface area contributed by atoms with E-state index in [0.717, 1.165) is 22.4 Å². The summed E-state index contributed by atoms with van der Waals surface area (Å²) >= 11 is 5.96. The van der Waals surface area contributed by atoms with Crippen LogP contribution in [-0.4, -0.2) is 22.7 Å². The van der Waals surface area contributed by atoms with Gasteiger partial charge in [0.2, 0.25) is 5.91 Å². The van der Waals surface area contributed by atoms with Gasteiger partial charge in [0.1, 0.15) is 5.75 Å². The molecule has 0 saturated heterocycles. The van der Waals surface area contributed by atoms with Crippen LogP contribution in [0.5, 0.6) is 5.75 Å². The van der Waals surface area contributed by atoms with Gasteiger partial charge in [-0.1, -0.05) is 42.7 Å². The minimum absolute atomic E-state index is 0.0921. The Kier molecular flexibility index (Phi) is 7.11. The number of nitrogens with one attached hydrogen (secondary N) is 1. The Morgan fingerprint density at radius 2 is 2.00 bits per heavy atom. The van der Waals surface area contributed by atoms with Crippen LogP contribution in [0.4, 0.5) is 5.69 Å². The number of aromatic nitrogens is 2. The zero-order chi connectivity index (χ0) is 21.7. The van der Waals surface area contributed by atoms with Crippen LogP contribution in [0.15, 0.2) is 40.9 Å². The van der Waals surface area contributed by atoms with E-state index in [9.17, 15) is 4.79 Å². The highest BCUT2D eigenvalue weighted by Crippen LogP contribution is 2.30. The Labute approximate surface area is 181 Å². The van der Waals surface area contributed by atoms with Crippen LogP contribution >= 0.6 is 11.6 Å². The molecule has 1 amide bonds. The molecule has 3 aromatic rings. The molecule has 0 saturated carbocycles. The number of carbonyl (C=O) groups is 1. The first-order chi connectivity index (χ1) is 14.3. The molecule has 0 atom stereocenters. The summed E-state index contributed by atoms with van der Waals surface area (Å²) in [6, 6.07) is 11.2. The van der Waals surface area contributed by atoms with E-state index in [1.807, 2.05) is 58.0 Å². The SMILES string of the molecule is Cc1cc(Cl)ccc1OCCCC(=O)Nc1c(C)cccc1-c1nc(C(C)C)no1. The average molecular weight is 428 g/mol. The Morgan fingerprint density at radius 3 is 2.70 bits per heavy atom. The molecular weight excluding hydrogens is 402 g/mol. The lowest BCUT2D eigenvalue weighted by molar-refractivity contribution is -0.116. The van der Waals surface area contributed by atoms with Gasteiger partial charge >= 0.3 is 0 Å². The number of halogens is 1. The van der Waals surface area contributed by atoms with E-state index in [4.69, 9.17) is 20.9 Å². The lowest BCUT2D eigenvalue weighted by atomic mass is 10.1. The second-order valence-electron chi connectivity index (χ2n) is 7.52. The topological polar surface area (TPSA) is 77.2 Å². The number of benzene rings is 2. The Bertz CT molecular complexity index is 1030. The largest absolute Gasteiger partial charge is 0.493 e. The number of rotatable bonds is 8. The molecule has 30 heavy (non-hydrogen) atoms. The molecule has 0 radical (unpaired) electrons. The molecule has 0 unspecified atom stereocenters. The summed E-state index contributed by atoms with van der Waals surface area (Å²) in [5.74, 6) is 1.89. The van der Waals surface area contributed by atoms with Crippen molar-refractivity contribution >= 4 is 23.2 Å². The normalized spacial score (nSPS) is 11.0. The quantitative estimate of drug-likeness (QED) is 0.451. The fraction of sp³-hybridized carbons (Fsp3) is 0.348. The van der Waals surface area contributed by atoms with E-state index in [1.54, 1.807) is 6.07 Å². The van der Waals surface area contributed by atoms with E-state index in [0.29, 0.717) is 41.9 Å². The fourth-order valence-electron chi connectivity index (χ4n) is 2.98. The van der Waals surface area contributed by atoms with Crippen molar-refractivity contribution in [2.75, 3.05) is 11.9 Å². The summed E-state index contributed by atoms with van der Waals surface area (Å²) in [7, 11) is 0. The molecule has 0 aliphatic heterocycles. The summed E-state index contributed by atoms with van der Waals surface area (Å²) in [4.78, 5) is 17.0. The second-order valence-corrected chi connectivity index (χ2v) is 7.96. The maximum atomic E-state index is 12.5. The lowest BCUT2D eigenvalue weighted by Crippen LogP contribution is -2.14. The van der Waals surface area contributed by atoms with Gasteiger partial charge < -0.3 is 14.6 Å². The maximum absolute atomic E-state index is 12.5. The fourth-order valence-corrected chi connectivity index (χ4v) is 3.21. The molecule has 0 bridgehead atoms. The molecule has 7 heteroatoms. The Balaban J connectivity index is 1.61. The minimum Gasteiger partial charge on any atom is -0.493 e. The van der Waals surface area contributed by atoms with E-state index in [-0.39, 0.29) is 11.8 Å². The predicted octanol–water partition coefficient (Wildman–Crippen LogP) is 5.93. The van der Waals surface area contributed by atoms with E-state index >= 15 is 0 Å². The van der Waals surface area contributed by atoms with Crippen LogP contribution in [-0.2, 0) is 4.79 Å². The summed E-state index contributed by atoms with van der Waals surface area (Å²) in [5, 5.41) is 7.69. The first kappa shape index (κ1) is 21.8. The number of hydrogen-bond donors (Lipinski definition) is 1. The molecule has 3 rings (SSSR count). The third-order valence-corrected chi connectivity index (χ3v) is 4.90. The van der Waals surface area contributed by atoms with Crippen molar-refractivity contribution < 1.29 is 14.1 Å². The molecule has 1 N–H and O–H groups in total. The second kappa shape index (κ2) is 9.76. The molecule has 1 aromatic heterocycles. The standard InChI is InChI=1S/C23H26ClN3O3/c1-14(2)22-26-23(30-27-22)18-8-5-7-15(3)21(18)25-20(28)9-6-12-29-19-11-10-17(24)13-16(19)4/h5,7-8,10-11,13-14H,6,9,12H2,1-4H3,(H,25,28). The van der Waals surface area contributed by atoms with Gasteiger partial charge in [-0.2, -0.15) is 4.98 Å². The number of anilines is 1. The third-order valence-electron chi connectivity index (χ3n) is 4.67. The monoisotopic (exact) mass is 427 g/mol. The van der Waals surface area contributed by atoms with Crippen molar-refractivity contribution in [2.45, 2.75) is 46.5 Å². The van der Waals surface area contributed by atoms with Gasteiger partial charge in [0, 0.05) is 17.4 Å². The van der Waals surface area contributed by atoms with Gasteiger partial charge in [-0.25, -0.2) is 0 Å². The van der Waals surface area contributed by atoms with Crippen molar-refractivity contribution in [3.63, 3.8) is 0 Å². The smallest absolute Gasteiger partial charge is 0.260 e. The number of aryl methyl sites for hydroxylation is 2. The van der Waals surface area contributed by atoms with E-state index in [1.165, 1.54) is 0 Å². The number of ether oxygens (including phenoxy) is 1. The van der Waals surface area contributed by atoms with Gasteiger partial charge in [-0.3, -0.25) is 4.79 Å². The molecule has 2 aromatic carbocycles. The van der Waals surface area contributed by atoms with Crippen LogP contribution in [0.2, 0.25) is 5.02 Å². The van der Waals surface area contributed by atoms with Crippen molar-refractivity contribution in [1.29, 1.82) is 0 Å². The summed E-state index contributed by atoms with van der Waals surface area (Å²) in [5.41, 5.74) is 3.31. The van der Waals surface area contributed by atoms with Crippen molar-refractivity contribution in [3.05, 3.63) is 58.4 Å². The zero-order valence-corrected chi connectivity index (χ0v) is 18.4. The summed E-state index contributed by atoms with van der Waals surface area (Å²) < 4.78 is 11.2. The van der Waals surface area contributed by atoms with Gasteiger partial charge in [-0.15, -0.1) is 0 Å². The van der Waals surface area contributed by atoms with E-state index in [2.05, 4.69) is 15.5 Å². The van der Waals surface area contributed by atoms with Crippen LogP contribution in [0.1, 0.15) is 49.6 Å². The van der Waals surface area contributed by atoms with Gasteiger partial charge in [0.25, 0.3) is 5.89 Å². The van der Waals surface area contributed by atoms with Crippen molar-refractivity contribution in [2.24, 2.45) is 0 Å². The highest BCUT2D eigenvalue weighted by Gasteiger charge is 2.17. The van der Waals surface area contributed by atoms with Gasteiger partial charge in [-0.05, 0) is 55.7 Å². The van der Waals surface area contributed by atoms with Crippen molar-refractivity contribution in [3.8, 4) is 17.2 Å². The summed E-state index contributed by atoms with van der Waals surface area (Å²) in [6.07, 6.45) is 0.925. The zero-order valence-electron chi connectivity index (χ0n) is 17.7. The third kappa shape index (κ3) is 5.39. The molecule has 1 heterocycles. The predicted molar refractivity (Wildman–Crippen MR) is 118 cm³/mol. The van der Waals surface area contributed by atoms with Crippen molar-refractivity contribution in [1.82, 2.24) is 10.1 Å². The Morgan fingerprint density at radius 1 is 1.20 bits per heavy atom. The molecule has 6 nitrogen and oxygen atoms in total. The minimum atomic E-state index is -0.0921. The number of carbonyl (C=O) groups excluding carboxylic acids is 1. The Hall–Kier alpha value is -2.86. The number of nitrogens with zero attached hydrogens (tertiary/aromatic N) is 2. The number of hydrogen-bond acceptors (Lipinski definition) is 5. The van der Waals surface area contributed by atoms with Gasteiger partial charge in [0.15, 0.2) is 5.82 Å². The van der Waals surface area contributed by atoms with E-state index < -0.39 is 0 Å². The van der Waals surface area contributed by atoms with Crippen LogP contribution in [0.3, 0.4) is 0 Å². The average Bonchev–Trinajstić information content (AvgIpc) is 3.18. The molecule has 158 valence electrons. The maximum Gasteiger partial charge on any atom is 0.260 e. The molecule has 0 aliphatic carbocycles. The molecular formula is C23H26ClN3O3.